The van der Waals surface area contributed by atoms with E-state index in [4.69, 9.17) is 17.3 Å². The fraction of sp³-hybridized carbons (Fsp3) is 0.219. The van der Waals surface area contributed by atoms with E-state index in [1.807, 2.05) is 37.5 Å². The Morgan fingerprint density at radius 3 is 2.50 bits per heavy atom. The first-order chi connectivity index (χ1) is 19.1. The zero-order chi connectivity index (χ0) is 28.4. The first-order valence-electron chi connectivity index (χ1n) is 13.0. The molecule has 0 amide bonds. The van der Waals surface area contributed by atoms with Crippen LogP contribution in [-0.2, 0) is 19.9 Å². The number of rotatable bonds is 8. The maximum Gasteiger partial charge on any atom is 0.573 e. The molecule has 4 aromatic carbocycles. The quantitative estimate of drug-likeness (QED) is 0.142. The lowest BCUT2D eigenvalue weighted by molar-refractivity contribution is -0.274. The van der Waals surface area contributed by atoms with Crippen LogP contribution in [0.5, 0.6) is 5.75 Å². The lowest BCUT2D eigenvalue weighted by Gasteiger charge is -2.11. The van der Waals surface area contributed by atoms with Crippen molar-refractivity contribution in [3.05, 3.63) is 95.1 Å². The molecule has 5 rings (SSSR count). The summed E-state index contributed by atoms with van der Waals surface area (Å²) < 4.78 is 43.4. The van der Waals surface area contributed by atoms with Crippen molar-refractivity contribution in [1.82, 2.24) is 9.78 Å². The third-order valence-corrected chi connectivity index (χ3v) is 7.25. The fourth-order valence-electron chi connectivity index (χ4n) is 5.10. The number of aryl methyl sites for hydroxylation is 3. The Morgan fingerprint density at radius 1 is 1.02 bits per heavy atom. The van der Waals surface area contributed by atoms with Gasteiger partial charge in [0.05, 0.1) is 12.2 Å². The van der Waals surface area contributed by atoms with Gasteiger partial charge in [-0.3, -0.25) is 9.67 Å². The standard InChI is InChI=1S/C32H28F3N3OS/c1-4-22-7-5-6-20(2)29(22)17-26(40)19-36-18-21-8-14-27-24(16-21)11-15-28-30(27)37-38(3)31(28)23-9-12-25(13-10-23)39-32(33,34)35/h5-16,18H,4,17,19H2,1-3H3. The number of nitrogens with zero attached hydrogens (tertiary/aromatic N) is 3. The molecule has 1 aromatic heterocycles. The summed E-state index contributed by atoms with van der Waals surface area (Å²) in [4.78, 5) is 5.52. The molecule has 204 valence electrons. The average molecular weight is 560 g/mol. The molecule has 5 aromatic rings. The Hall–Kier alpha value is -4.04. The summed E-state index contributed by atoms with van der Waals surface area (Å²) >= 11 is 5.65. The molecule has 0 bridgehead atoms. The number of aliphatic imine (C=N–C) groups is 1. The third-order valence-electron chi connectivity index (χ3n) is 6.98. The summed E-state index contributed by atoms with van der Waals surface area (Å²) in [5.41, 5.74) is 7.25. The Morgan fingerprint density at radius 2 is 1.77 bits per heavy atom. The van der Waals surface area contributed by atoms with Crippen LogP contribution in [0.15, 0.2) is 77.8 Å². The summed E-state index contributed by atoms with van der Waals surface area (Å²) in [5.74, 6) is -0.260. The smallest absolute Gasteiger partial charge is 0.406 e. The van der Waals surface area contributed by atoms with Crippen LogP contribution in [0.1, 0.15) is 29.2 Å². The molecule has 0 atom stereocenters. The van der Waals surface area contributed by atoms with Crippen LogP contribution in [0.2, 0.25) is 0 Å². The molecule has 0 radical (unpaired) electrons. The van der Waals surface area contributed by atoms with Gasteiger partial charge in [-0.1, -0.05) is 55.5 Å². The highest BCUT2D eigenvalue weighted by Gasteiger charge is 2.31. The van der Waals surface area contributed by atoms with Crippen molar-refractivity contribution < 1.29 is 17.9 Å². The molecule has 40 heavy (non-hydrogen) atoms. The summed E-state index contributed by atoms with van der Waals surface area (Å²) in [6.07, 6.45) is -1.15. The van der Waals surface area contributed by atoms with Crippen molar-refractivity contribution in [3.63, 3.8) is 0 Å². The number of aromatic nitrogens is 2. The highest BCUT2D eigenvalue weighted by Crippen LogP contribution is 2.34. The summed E-state index contributed by atoms with van der Waals surface area (Å²) in [6.45, 7) is 4.77. The van der Waals surface area contributed by atoms with Crippen molar-refractivity contribution >= 4 is 45.0 Å². The van der Waals surface area contributed by atoms with Crippen LogP contribution >= 0.6 is 12.2 Å². The summed E-state index contributed by atoms with van der Waals surface area (Å²) in [7, 11) is 1.83. The molecule has 0 saturated heterocycles. The number of benzene rings is 4. The highest BCUT2D eigenvalue weighted by atomic mass is 32.1. The SMILES string of the molecule is CCc1cccc(C)c1CC(=S)CN=Cc1ccc2c(ccc3c(-c4ccc(OC(F)(F)F)cc4)n(C)nc32)c1. The molecule has 0 aliphatic carbocycles. The minimum atomic E-state index is -4.73. The van der Waals surface area contributed by atoms with Crippen LogP contribution in [0, 0.1) is 6.92 Å². The molecule has 0 fully saturated rings. The Bertz CT molecular complexity index is 1740. The maximum atomic E-state index is 12.5. The zero-order valence-electron chi connectivity index (χ0n) is 22.4. The number of ether oxygens (including phenoxy) is 1. The van der Waals surface area contributed by atoms with Crippen LogP contribution in [0.4, 0.5) is 13.2 Å². The van der Waals surface area contributed by atoms with E-state index in [0.29, 0.717) is 6.54 Å². The monoisotopic (exact) mass is 559 g/mol. The van der Waals surface area contributed by atoms with E-state index >= 15 is 0 Å². The van der Waals surface area contributed by atoms with Crippen molar-refractivity contribution in [2.24, 2.45) is 12.0 Å². The van der Waals surface area contributed by atoms with Gasteiger partial charge in [-0.25, -0.2) is 0 Å². The molecule has 0 aliphatic rings. The predicted molar refractivity (Wildman–Crippen MR) is 160 cm³/mol. The molecule has 1 heterocycles. The van der Waals surface area contributed by atoms with Crippen LogP contribution in [0.25, 0.3) is 32.9 Å². The lowest BCUT2D eigenvalue weighted by Crippen LogP contribution is -2.16. The molecule has 0 spiro atoms. The van der Waals surface area contributed by atoms with Crippen LogP contribution in [-0.4, -0.2) is 33.8 Å². The van der Waals surface area contributed by atoms with Gasteiger partial charge in [0, 0.05) is 40.9 Å². The van der Waals surface area contributed by atoms with Gasteiger partial charge in [0.1, 0.15) is 11.3 Å². The first-order valence-corrected chi connectivity index (χ1v) is 13.4. The summed E-state index contributed by atoms with van der Waals surface area (Å²) in [6, 6.07) is 22.3. The minimum absolute atomic E-state index is 0.260. The zero-order valence-corrected chi connectivity index (χ0v) is 23.2. The molecule has 0 unspecified atom stereocenters. The molecule has 4 nitrogen and oxygen atoms in total. The predicted octanol–water partition coefficient (Wildman–Crippen LogP) is 8.19. The number of thiocarbonyl (C=S) groups is 1. The van der Waals surface area contributed by atoms with Crippen molar-refractivity contribution in [2.75, 3.05) is 6.54 Å². The molecule has 0 saturated carbocycles. The number of fused-ring (bicyclic) bond motifs is 3. The molecular weight excluding hydrogens is 531 g/mol. The largest absolute Gasteiger partial charge is 0.573 e. The second kappa shape index (κ2) is 11.2. The molecule has 0 N–H and O–H groups in total. The van der Waals surface area contributed by atoms with Crippen LogP contribution < -0.4 is 4.74 Å². The number of hydrogen-bond acceptors (Lipinski definition) is 4. The Kier molecular flexibility index (Phi) is 7.72. The van der Waals surface area contributed by atoms with Gasteiger partial charge in [0.2, 0.25) is 0 Å². The van der Waals surface area contributed by atoms with Gasteiger partial charge < -0.3 is 4.74 Å². The van der Waals surface area contributed by atoms with Crippen molar-refractivity contribution in [2.45, 2.75) is 33.1 Å². The van der Waals surface area contributed by atoms with E-state index in [1.54, 1.807) is 16.8 Å². The minimum Gasteiger partial charge on any atom is -0.406 e. The maximum absolute atomic E-state index is 12.5. The van der Waals surface area contributed by atoms with Gasteiger partial charge in [-0.05, 0) is 77.4 Å². The average Bonchev–Trinajstić information content (AvgIpc) is 3.25. The summed E-state index contributed by atoms with van der Waals surface area (Å²) in [5, 5.41) is 7.64. The number of hydrogen-bond donors (Lipinski definition) is 0. The van der Waals surface area contributed by atoms with E-state index in [0.717, 1.165) is 56.2 Å². The topological polar surface area (TPSA) is 39.4 Å². The fourth-order valence-corrected chi connectivity index (χ4v) is 5.31. The third kappa shape index (κ3) is 5.92. The van der Waals surface area contributed by atoms with E-state index < -0.39 is 6.36 Å². The van der Waals surface area contributed by atoms with Gasteiger partial charge in [-0.15, -0.1) is 13.2 Å². The van der Waals surface area contributed by atoms with Crippen molar-refractivity contribution in [3.8, 4) is 17.0 Å². The molecular formula is C32H28F3N3OS. The normalized spacial score (nSPS) is 12.1. The van der Waals surface area contributed by atoms with Gasteiger partial charge in [0.25, 0.3) is 0 Å². The van der Waals surface area contributed by atoms with E-state index in [2.05, 4.69) is 47.8 Å². The second-order valence-corrected chi connectivity index (χ2v) is 10.3. The van der Waals surface area contributed by atoms with Crippen molar-refractivity contribution in [1.29, 1.82) is 0 Å². The lowest BCUT2D eigenvalue weighted by atomic mass is 9.96. The van der Waals surface area contributed by atoms with Crippen LogP contribution in [0.3, 0.4) is 0 Å². The molecule has 0 aliphatic heterocycles. The van der Waals surface area contributed by atoms with E-state index in [9.17, 15) is 13.2 Å². The van der Waals surface area contributed by atoms with E-state index in [1.165, 1.54) is 28.8 Å². The number of halogens is 3. The van der Waals surface area contributed by atoms with Gasteiger partial charge in [-0.2, -0.15) is 5.10 Å². The highest BCUT2D eigenvalue weighted by molar-refractivity contribution is 7.80. The number of alkyl halides is 3. The van der Waals surface area contributed by atoms with E-state index in [-0.39, 0.29) is 5.75 Å². The second-order valence-electron chi connectivity index (χ2n) is 9.74. The Labute approximate surface area is 236 Å². The Balaban J connectivity index is 1.35. The van der Waals surface area contributed by atoms with Gasteiger partial charge >= 0.3 is 6.36 Å². The first kappa shape index (κ1) is 27.5. The van der Waals surface area contributed by atoms with Gasteiger partial charge in [0.15, 0.2) is 0 Å². The molecule has 8 heteroatoms.